The highest BCUT2D eigenvalue weighted by molar-refractivity contribution is 7.80. The molecule has 0 heterocycles. The largest absolute Gasteiger partial charge is 0.484 e. The average Bonchev–Trinajstić information content (AvgIpc) is 2.59. The topological polar surface area (TPSA) is 79.5 Å². The number of nitrogens with one attached hydrogen (secondary N) is 3. The highest BCUT2D eigenvalue weighted by atomic mass is 32.1. The van der Waals surface area contributed by atoms with Crippen molar-refractivity contribution < 1.29 is 14.3 Å². The number of rotatable bonds is 4. The molecular formula is C17H17N3O3S. The van der Waals surface area contributed by atoms with E-state index in [1.54, 1.807) is 12.1 Å². The van der Waals surface area contributed by atoms with Gasteiger partial charge in [0.05, 0.1) is 0 Å². The van der Waals surface area contributed by atoms with Gasteiger partial charge >= 0.3 is 0 Å². The minimum Gasteiger partial charge on any atom is -0.484 e. The molecule has 0 saturated carbocycles. The summed E-state index contributed by atoms with van der Waals surface area (Å²) in [5.74, 6) is -0.166. The van der Waals surface area contributed by atoms with Crippen molar-refractivity contribution in [3.63, 3.8) is 0 Å². The molecular weight excluding hydrogens is 326 g/mol. The van der Waals surface area contributed by atoms with E-state index in [1.165, 1.54) is 6.92 Å². The van der Waals surface area contributed by atoms with Gasteiger partial charge in [0, 0.05) is 6.92 Å². The average molecular weight is 343 g/mol. The fourth-order valence-electron chi connectivity index (χ4n) is 1.88. The molecule has 0 aliphatic rings. The molecule has 124 valence electrons. The van der Waals surface area contributed by atoms with Crippen LogP contribution in [0.5, 0.6) is 5.75 Å². The maximum Gasteiger partial charge on any atom is 0.276 e. The molecule has 2 amide bonds. The van der Waals surface area contributed by atoms with Gasteiger partial charge in [-0.05, 0) is 35.5 Å². The molecule has 0 aliphatic carbocycles. The normalized spacial score (nSPS) is 9.71. The van der Waals surface area contributed by atoms with Gasteiger partial charge in [-0.15, -0.1) is 0 Å². The van der Waals surface area contributed by atoms with Crippen LogP contribution in [0, 0.1) is 0 Å². The van der Waals surface area contributed by atoms with Crippen LogP contribution in [-0.2, 0) is 9.59 Å². The van der Waals surface area contributed by atoms with Crippen molar-refractivity contribution in [1.82, 2.24) is 16.2 Å². The van der Waals surface area contributed by atoms with Gasteiger partial charge < -0.3 is 10.1 Å². The Hall–Kier alpha value is -2.93. The van der Waals surface area contributed by atoms with E-state index in [0.29, 0.717) is 5.75 Å². The molecule has 0 fully saturated rings. The van der Waals surface area contributed by atoms with Crippen LogP contribution in [-0.4, -0.2) is 23.5 Å². The number of carbonyl (C=O) groups excluding carboxylic acids is 2. The maximum atomic E-state index is 11.6. The molecule has 3 N–H and O–H groups in total. The summed E-state index contributed by atoms with van der Waals surface area (Å²) in [5, 5.41) is 2.34. The molecule has 2 rings (SSSR count). The van der Waals surface area contributed by atoms with Crippen LogP contribution in [0.4, 0.5) is 0 Å². The Labute approximate surface area is 145 Å². The summed E-state index contributed by atoms with van der Waals surface area (Å²) < 4.78 is 5.39. The number of thiocarbonyl (C=S) groups is 1. The van der Waals surface area contributed by atoms with Gasteiger partial charge in [0.25, 0.3) is 5.91 Å². The van der Waals surface area contributed by atoms with Crippen molar-refractivity contribution in [1.29, 1.82) is 0 Å². The van der Waals surface area contributed by atoms with Crippen molar-refractivity contribution in [2.45, 2.75) is 6.92 Å². The lowest BCUT2D eigenvalue weighted by Crippen LogP contribution is -2.49. The standard InChI is InChI=1S/C17H17N3O3S/c1-12(21)18-17(24)20-19-16(22)11-23-15-9-7-14(8-10-15)13-5-3-2-4-6-13/h2-10H,11H2,1H3,(H,19,22)(H2,18,20,21,24). The van der Waals surface area contributed by atoms with Crippen molar-refractivity contribution in [2.24, 2.45) is 0 Å². The van der Waals surface area contributed by atoms with Crippen molar-refractivity contribution in [3.05, 3.63) is 54.6 Å². The molecule has 0 aromatic heterocycles. The Morgan fingerprint density at radius 3 is 2.21 bits per heavy atom. The molecule has 2 aromatic carbocycles. The summed E-state index contributed by atoms with van der Waals surface area (Å²) in [4.78, 5) is 22.4. The number of hydrogen-bond donors (Lipinski definition) is 3. The summed E-state index contributed by atoms with van der Waals surface area (Å²) in [5.41, 5.74) is 6.90. The first-order valence-electron chi connectivity index (χ1n) is 7.19. The minimum atomic E-state index is -0.421. The molecule has 0 bridgehead atoms. The lowest BCUT2D eigenvalue weighted by molar-refractivity contribution is -0.124. The van der Waals surface area contributed by atoms with Crippen LogP contribution in [0.3, 0.4) is 0 Å². The van der Waals surface area contributed by atoms with Crippen molar-refractivity contribution in [2.75, 3.05) is 6.61 Å². The van der Waals surface area contributed by atoms with E-state index in [9.17, 15) is 9.59 Å². The van der Waals surface area contributed by atoms with E-state index < -0.39 is 5.91 Å². The molecule has 0 spiro atoms. The summed E-state index contributed by atoms with van der Waals surface area (Å²) in [6.07, 6.45) is 0. The second kappa shape index (κ2) is 8.64. The zero-order chi connectivity index (χ0) is 17.4. The Morgan fingerprint density at radius 2 is 1.58 bits per heavy atom. The Morgan fingerprint density at radius 1 is 0.958 bits per heavy atom. The van der Waals surface area contributed by atoms with Gasteiger partial charge in [-0.2, -0.15) is 0 Å². The monoisotopic (exact) mass is 343 g/mol. The second-order valence-corrected chi connectivity index (χ2v) is 5.27. The number of hydrazine groups is 1. The molecule has 0 atom stereocenters. The van der Waals surface area contributed by atoms with E-state index >= 15 is 0 Å². The summed E-state index contributed by atoms with van der Waals surface area (Å²) in [7, 11) is 0. The lowest BCUT2D eigenvalue weighted by atomic mass is 10.1. The van der Waals surface area contributed by atoms with E-state index in [4.69, 9.17) is 17.0 Å². The predicted molar refractivity (Wildman–Crippen MR) is 95.1 cm³/mol. The van der Waals surface area contributed by atoms with Gasteiger partial charge in [-0.25, -0.2) is 0 Å². The summed E-state index contributed by atoms with van der Waals surface area (Å²) >= 11 is 4.79. The maximum absolute atomic E-state index is 11.6. The molecule has 2 aromatic rings. The first kappa shape index (κ1) is 17.4. The van der Waals surface area contributed by atoms with Gasteiger partial charge in [0.1, 0.15) is 5.75 Å². The first-order chi connectivity index (χ1) is 11.5. The van der Waals surface area contributed by atoms with Crippen molar-refractivity contribution in [3.8, 4) is 16.9 Å². The highest BCUT2D eigenvalue weighted by Crippen LogP contribution is 2.21. The third kappa shape index (κ3) is 5.69. The first-order valence-corrected chi connectivity index (χ1v) is 7.60. The molecule has 0 radical (unpaired) electrons. The van der Waals surface area contributed by atoms with Crippen LogP contribution in [0.1, 0.15) is 6.92 Å². The van der Waals surface area contributed by atoms with Gasteiger partial charge in [-0.3, -0.25) is 20.4 Å². The fraction of sp³-hybridized carbons (Fsp3) is 0.118. The zero-order valence-electron chi connectivity index (χ0n) is 13.0. The summed E-state index contributed by atoms with van der Waals surface area (Å²) in [6, 6.07) is 17.4. The Kier molecular flexibility index (Phi) is 6.27. The summed E-state index contributed by atoms with van der Waals surface area (Å²) in [6.45, 7) is 1.14. The van der Waals surface area contributed by atoms with Gasteiger partial charge in [-0.1, -0.05) is 42.5 Å². The quantitative estimate of drug-likeness (QED) is 0.582. The van der Waals surface area contributed by atoms with Crippen LogP contribution < -0.4 is 20.9 Å². The molecule has 0 unspecified atom stereocenters. The lowest BCUT2D eigenvalue weighted by Gasteiger charge is -2.10. The smallest absolute Gasteiger partial charge is 0.276 e. The molecule has 6 nitrogen and oxygen atoms in total. The van der Waals surface area contributed by atoms with Gasteiger partial charge in [0.2, 0.25) is 5.91 Å². The van der Waals surface area contributed by atoms with Crippen LogP contribution in [0.2, 0.25) is 0 Å². The van der Waals surface area contributed by atoms with E-state index in [2.05, 4.69) is 16.2 Å². The number of benzene rings is 2. The van der Waals surface area contributed by atoms with Gasteiger partial charge in [0.15, 0.2) is 11.7 Å². The number of hydrogen-bond acceptors (Lipinski definition) is 4. The molecule has 0 aliphatic heterocycles. The van der Waals surface area contributed by atoms with Crippen LogP contribution in [0.25, 0.3) is 11.1 Å². The molecule has 7 heteroatoms. The van der Waals surface area contributed by atoms with E-state index in [-0.39, 0.29) is 17.6 Å². The van der Waals surface area contributed by atoms with E-state index in [0.717, 1.165) is 11.1 Å². The van der Waals surface area contributed by atoms with Crippen molar-refractivity contribution >= 4 is 29.1 Å². The third-order valence-corrected chi connectivity index (χ3v) is 3.14. The minimum absolute atomic E-state index is 0.0167. The predicted octanol–water partition coefficient (Wildman–Crippen LogP) is 1.77. The Bertz CT molecular complexity index is 718. The Balaban J connectivity index is 1.79. The SMILES string of the molecule is CC(=O)NC(=S)NNC(=O)COc1ccc(-c2ccccc2)cc1. The number of ether oxygens (including phenoxy) is 1. The van der Waals surface area contributed by atoms with Crippen LogP contribution >= 0.6 is 12.2 Å². The molecule has 0 saturated heterocycles. The van der Waals surface area contributed by atoms with Crippen LogP contribution in [0.15, 0.2) is 54.6 Å². The third-order valence-electron chi connectivity index (χ3n) is 2.94. The number of amides is 2. The zero-order valence-corrected chi connectivity index (χ0v) is 13.9. The highest BCUT2D eigenvalue weighted by Gasteiger charge is 2.05. The second-order valence-electron chi connectivity index (χ2n) is 4.86. The number of carbonyl (C=O) groups is 2. The van der Waals surface area contributed by atoms with E-state index in [1.807, 2.05) is 42.5 Å². The molecule has 24 heavy (non-hydrogen) atoms. The fourth-order valence-corrected chi connectivity index (χ4v) is 2.07.